The molecular formula is C23H29FN2O4. The molecule has 0 spiro atoms. The Balaban J connectivity index is 1.58. The highest BCUT2D eigenvalue weighted by atomic mass is 19.1. The third-order valence-corrected chi connectivity index (χ3v) is 5.39. The van der Waals surface area contributed by atoms with Gasteiger partial charge in [0.2, 0.25) is 11.7 Å². The third kappa shape index (κ3) is 5.42. The van der Waals surface area contributed by atoms with Gasteiger partial charge in [0, 0.05) is 19.6 Å². The van der Waals surface area contributed by atoms with Crippen LogP contribution in [0.15, 0.2) is 36.4 Å². The van der Waals surface area contributed by atoms with Crippen molar-refractivity contribution in [2.24, 2.45) is 5.92 Å². The Labute approximate surface area is 176 Å². The summed E-state index contributed by atoms with van der Waals surface area (Å²) in [5, 5.41) is 3.03. The fraction of sp³-hybridized carbons (Fsp3) is 0.435. The Morgan fingerprint density at radius 2 is 1.73 bits per heavy atom. The topological polar surface area (TPSA) is 60.0 Å². The molecule has 1 amide bonds. The van der Waals surface area contributed by atoms with Crippen molar-refractivity contribution in [3.05, 3.63) is 53.3 Å². The van der Waals surface area contributed by atoms with Crippen molar-refractivity contribution in [2.75, 3.05) is 34.4 Å². The van der Waals surface area contributed by atoms with Gasteiger partial charge in [-0.3, -0.25) is 9.69 Å². The van der Waals surface area contributed by atoms with Gasteiger partial charge in [0.15, 0.2) is 11.5 Å². The summed E-state index contributed by atoms with van der Waals surface area (Å²) in [4.78, 5) is 15.0. The summed E-state index contributed by atoms with van der Waals surface area (Å²) >= 11 is 0. The summed E-state index contributed by atoms with van der Waals surface area (Å²) in [6.07, 6.45) is 1.82. The molecule has 162 valence electrons. The van der Waals surface area contributed by atoms with Crippen molar-refractivity contribution in [1.29, 1.82) is 0 Å². The first-order valence-corrected chi connectivity index (χ1v) is 10.1. The van der Waals surface area contributed by atoms with E-state index < -0.39 is 0 Å². The molecule has 0 aliphatic carbocycles. The van der Waals surface area contributed by atoms with Gasteiger partial charge in [-0.1, -0.05) is 12.1 Å². The molecule has 1 N–H and O–H groups in total. The van der Waals surface area contributed by atoms with Gasteiger partial charge in [-0.05, 0) is 54.8 Å². The van der Waals surface area contributed by atoms with Crippen LogP contribution in [-0.4, -0.2) is 45.2 Å². The molecule has 0 bridgehead atoms. The second kappa shape index (κ2) is 10.3. The number of nitrogens with zero attached hydrogens (tertiary/aromatic N) is 1. The number of nitrogens with one attached hydrogen (secondary N) is 1. The van der Waals surface area contributed by atoms with Crippen LogP contribution in [0, 0.1) is 11.7 Å². The normalized spacial score (nSPS) is 16.7. The molecule has 1 atom stereocenters. The van der Waals surface area contributed by atoms with Crippen LogP contribution in [0.2, 0.25) is 0 Å². The number of likely N-dealkylation sites (tertiary alicyclic amines) is 1. The predicted octanol–water partition coefficient (Wildman–Crippen LogP) is 3.38. The lowest BCUT2D eigenvalue weighted by Crippen LogP contribution is -2.42. The van der Waals surface area contributed by atoms with Gasteiger partial charge < -0.3 is 19.5 Å². The molecule has 7 heteroatoms. The van der Waals surface area contributed by atoms with E-state index in [1.54, 1.807) is 33.5 Å². The number of halogens is 1. The maximum atomic E-state index is 13.1. The van der Waals surface area contributed by atoms with Crippen molar-refractivity contribution >= 4 is 5.91 Å². The summed E-state index contributed by atoms with van der Waals surface area (Å²) < 4.78 is 29.2. The maximum Gasteiger partial charge on any atom is 0.224 e. The summed E-state index contributed by atoms with van der Waals surface area (Å²) in [7, 11) is 4.69. The molecule has 1 fully saturated rings. The molecule has 0 aromatic heterocycles. The van der Waals surface area contributed by atoms with E-state index >= 15 is 0 Å². The maximum absolute atomic E-state index is 13.1. The number of benzene rings is 2. The van der Waals surface area contributed by atoms with Gasteiger partial charge in [0.25, 0.3) is 0 Å². The van der Waals surface area contributed by atoms with Crippen LogP contribution >= 0.6 is 0 Å². The molecule has 0 saturated carbocycles. The third-order valence-electron chi connectivity index (χ3n) is 5.39. The fourth-order valence-corrected chi connectivity index (χ4v) is 3.83. The minimum absolute atomic E-state index is 0.0348. The van der Waals surface area contributed by atoms with E-state index in [-0.39, 0.29) is 17.6 Å². The largest absolute Gasteiger partial charge is 0.493 e. The number of ether oxygens (including phenoxy) is 3. The first kappa shape index (κ1) is 21.9. The molecular weight excluding hydrogens is 387 g/mol. The van der Waals surface area contributed by atoms with Crippen molar-refractivity contribution < 1.29 is 23.4 Å². The van der Waals surface area contributed by atoms with E-state index in [2.05, 4.69) is 10.2 Å². The van der Waals surface area contributed by atoms with E-state index in [1.807, 2.05) is 12.1 Å². The van der Waals surface area contributed by atoms with Gasteiger partial charge in [-0.25, -0.2) is 4.39 Å². The van der Waals surface area contributed by atoms with Crippen molar-refractivity contribution in [1.82, 2.24) is 10.2 Å². The Bertz CT molecular complexity index is 832. The van der Waals surface area contributed by atoms with Crippen LogP contribution < -0.4 is 19.5 Å². The molecule has 0 radical (unpaired) electrons. The average molecular weight is 416 g/mol. The van der Waals surface area contributed by atoms with Crippen LogP contribution in [0.4, 0.5) is 4.39 Å². The van der Waals surface area contributed by atoms with Gasteiger partial charge in [0.05, 0.1) is 27.2 Å². The van der Waals surface area contributed by atoms with Crippen LogP contribution in [-0.2, 0) is 17.9 Å². The molecule has 1 aliphatic heterocycles. The standard InChI is InChI=1S/C23H29FN2O4/c1-28-20-11-17(12-21(29-2)22(20)30-3)13-25-23(27)18-5-4-10-26(15-18)14-16-6-8-19(24)9-7-16/h6-9,11-12,18H,4-5,10,13-15H2,1-3H3,(H,25,27)/t18-/m0/s1. The van der Waals surface area contributed by atoms with Gasteiger partial charge in [-0.2, -0.15) is 0 Å². The quantitative estimate of drug-likeness (QED) is 0.715. The number of carbonyl (C=O) groups excluding carboxylic acids is 1. The molecule has 0 unspecified atom stereocenters. The number of piperidine rings is 1. The first-order chi connectivity index (χ1) is 14.5. The van der Waals surface area contributed by atoms with E-state index in [4.69, 9.17) is 14.2 Å². The van der Waals surface area contributed by atoms with Gasteiger partial charge in [0.1, 0.15) is 5.82 Å². The Kier molecular flexibility index (Phi) is 7.52. The molecule has 2 aromatic carbocycles. The summed E-state index contributed by atoms with van der Waals surface area (Å²) in [5.74, 6) is 1.38. The number of methoxy groups -OCH3 is 3. The zero-order valence-electron chi connectivity index (χ0n) is 17.7. The lowest BCUT2D eigenvalue weighted by molar-refractivity contribution is -0.126. The van der Waals surface area contributed by atoms with Crippen LogP contribution in [0.5, 0.6) is 17.2 Å². The minimum Gasteiger partial charge on any atom is -0.493 e. The molecule has 2 aromatic rings. The Morgan fingerprint density at radius 3 is 2.33 bits per heavy atom. The van der Waals surface area contributed by atoms with Gasteiger partial charge in [-0.15, -0.1) is 0 Å². The summed E-state index contributed by atoms with van der Waals surface area (Å²) in [5.41, 5.74) is 1.92. The lowest BCUT2D eigenvalue weighted by atomic mass is 9.96. The average Bonchev–Trinajstić information content (AvgIpc) is 2.78. The second-order valence-electron chi connectivity index (χ2n) is 7.45. The zero-order valence-corrected chi connectivity index (χ0v) is 17.7. The molecule has 1 saturated heterocycles. The summed E-state index contributed by atoms with van der Waals surface area (Å²) in [6.45, 7) is 2.73. The smallest absolute Gasteiger partial charge is 0.224 e. The highest BCUT2D eigenvalue weighted by Crippen LogP contribution is 2.38. The van der Waals surface area contributed by atoms with Crippen molar-refractivity contribution in [3.8, 4) is 17.2 Å². The number of hydrogen-bond donors (Lipinski definition) is 1. The monoisotopic (exact) mass is 416 g/mol. The predicted molar refractivity (Wildman–Crippen MR) is 112 cm³/mol. The molecule has 1 heterocycles. The zero-order chi connectivity index (χ0) is 21.5. The minimum atomic E-state index is -0.235. The molecule has 30 heavy (non-hydrogen) atoms. The SMILES string of the molecule is COc1cc(CNC(=O)[C@H]2CCCN(Cc3ccc(F)cc3)C2)cc(OC)c1OC. The van der Waals surface area contributed by atoms with E-state index in [0.29, 0.717) is 30.3 Å². The lowest BCUT2D eigenvalue weighted by Gasteiger charge is -2.32. The van der Waals surface area contributed by atoms with Crippen LogP contribution in [0.25, 0.3) is 0 Å². The van der Waals surface area contributed by atoms with Crippen molar-refractivity contribution in [2.45, 2.75) is 25.9 Å². The number of carbonyl (C=O) groups is 1. The number of amides is 1. The van der Waals surface area contributed by atoms with E-state index in [1.165, 1.54) is 12.1 Å². The number of hydrogen-bond acceptors (Lipinski definition) is 5. The van der Waals surface area contributed by atoms with Gasteiger partial charge >= 0.3 is 0 Å². The van der Waals surface area contributed by atoms with E-state index in [9.17, 15) is 9.18 Å². The Morgan fingerprint density at radius 1 is 1.07 bits per heavy atom. The first-order valence-electron chi connectivity index (χ1n) is 10.1. The summed E-state index contributed by atoms with van der Waals surface area (Å²) in [6, 6.07) is 10.2. The van der Waals surface area contributed by atoms with Crippen LogP contribution in [0.3, 0.4) is 0 Å². The van der Waals surface area contributed by atoms with Crippen molar-refractivity contribution in [3.63, 3.8) is 0 Å². The van der Waals surface area contributed by atoms with Crippen LogP contribution in [0.1, 0.15) is 24.0 Å². The Hall–Kier alpha value is -2.80. The molecule has 3 rings (SSSR count). The highest BCUT2D eigenvalue weighted by molar-refractivity contribution is 5.79. The number of rotatable bonds is 8. The second-order valence-corrected chi connectivity index (χ2v) is 7.45. The van der Waals surface area contributed by atoms with E-state index in [0.717, 1.165) is 37.1 Å². The fourth-order valence-electron chi connectivity index (χ4n) is 3.83. The molecule has 1 aliphatic rings. The molecule has 6 nitrogen and oxygen atoms in total. The highest BCUT2D eigenvalue weighted by Gasteiger charge is 2.26.